The fourth-order valence-corrected chi connectivity index (χ4v) is 4.34. The minimum Gasteiger partial charge on any atom is -0.497 e. The quantitative estimate of drug-likeness (QED) is 0.456. The van der Waals surface area contributed by atoms with Crippen LogP contribution >= 0.6 is 0 Å². The largest absolute Gasteiger partial charge is 0.497 e. The molecule has 0 atom stereocenters. The number of carbonyl (C=O) groups excluding carboxylic acids is 1. The summed E-state index contributed by atoms with van der Waals surface area (Å²) in [6.45, 7) is 1.32. The Hall–Kier alpha value is -3.86. The Bertz CT molecular complexity index is 1320. The second kappa shape index (κ2) is 8.35. The van der Waals surface area contributed by atoms with E-state index in [9.17, 15) is 4.79 Å². The van der Waals surface area contributed by atoms with Crippen LogP contribution in [0.5, 0.6) is 11.5 Å². The van der Waals surface area contributed by atoms with Crippen molar-refractivity contribution in [1.82, 2.24) is 9.88 Å². The molecule has 0 saturated carbocycles. The molecule has 1 aromatic heterocycles. The van der Waals surface area contributed by atoms with Crippen LogP contribution in [0.15, 0.2) is 72.8 Å². The Kier molecular flexibility index (Phi) is 5.23. The van der Waals surface area contributed by atoms with Gasteiger partial charge in [-0.15, -0.1) is 0 Å². The first-order valence-electron chi connectivity index (χ1n) is 10.7. The van der Waals surface area contributed by atoms with Crippen LogP contribution in [0.4, 0.5) is 0 Å². The van der Waals surface area contributed by atoms with E-state index in [1.165, 1.54) is 11.1 Å². The van der Waals surface area contributed by atoms with Crippen LogP contribution in [0, 0.1) is 0 Å². The van der Waals surface area contributed by atoms with Gasteiger partial charge in [0, 0.05) is 30.1 Å². The van der Waals surface area contributed by atoms with Gasteiger partial charge in [0.25, 0.3) is 5.91 Å². The van der Waals surface area contributed by atoms with Crippen molar-refractivity contribution in [2.45, 2.75) is 13.0 Å². The third kappa shape index (κ3) is 3.56. The Labute approximate surface area is 187 Å². The Morgan fingerprint density at radius 1 is 0.906 bits per heavy atom. The number of methoxy groups -OCH3 is 2. The van der Waals surface area contributed by atoms with E-state index in [1.54, 1.807) is 14.2 Å². The highest BCUT2D eigenvalue weighted by molar-refractivity contribution is 6.07. The SMILES string of the molecule is COc1ccc(-c2cc(C(=O)N3CCc4ccccc4C3)c3ccccc3n2)c(OC)c1. The molecule has 0 bridgehead atoms. The summed E-state index contributed by atoms with van der Waals surface area (Å²) in [5, 5.41) is 0.854. The first-order valence-corrected chi connectivity index (χ1v) is 10.7. The Morgan fingerprint density at radius 3 is 2.50 bits per heavy atom. The van der Waals surface area contributed by atoms with E-state index in [2.05, 4.69) is 18.2 Å². The predicted octanol–water partition coefficient (Wildman–Crippen LogP) is 5.12. The molecule has 4 aromatic rings. The Balaban J connectivity index is 1.60. The number of amides is 1. The molecule has 1 aliphatic heterocycles. The number of carbonyl (C=O) groups is 1. The van der Waals surface area contributed by atoms with Crippen molar-refractivity contribution in [3.05, 3.63) is 89.5 Å². The van der Waals surface area contributed by atoms with Crippen molar-refractivity contribution in [3.63, 3.8) is 0 Å². The van der Waals surface area contributed by atoms with Gasteiger partial charge in [0.05, 0.1) is 31.0 Å². The molecule has 0 radical (unpaired) electrons. The topological polar surface area (TPSA) is 51.7 Å². The van der Waals surface area contributed by atoms with E-state index < -0.39 is 0 Å². The molecule has 3 aromatic carbocycles. The maximum absolute atomic E-state index is 13.7. The van der Waals surface area contributed by atoms with E-state index in [1.807, 2.05) is 59.5 Å². The first kappa shape index (κ1) is 20.1. The smallest absolute Gasteiger partial charge is 0.254 e. The molecule has 32 heavy (non-hydrogen) atoms. The number of para-hydroxylation sites is 1. The maximum atomic E-state index is 13.7. The lowest BCUT2D eigenvalue weighted by Gasteiger charge is -2.29. The molecule has 5 heteroatoms. The van der Waals surface area contributed by atoms with Crippen LogP contribution in [-0.2, 0) is 13.0 Å². The molecule has 0 aliphatic carbocycles. The van der Waals surface area contributed by atoms with Gasteiger partial charge in [-0.2, -0.15) is 0 Å². The van der Waals surface area contributed by atoms with Gasteiger partial charge < -0.3 is 14.4 Å². The van der Waals surface area contributed by atoms with E-state index in [0.717, 1.165) is 22.9 Å². The van der Waals surface area contributed by atoms with Crippen LogP contribution in [0.1, 0.15) is 21.5 Å². The number of aromatic nitrogens is 1. The van der Waals surface area contributed by atoms with Crippen molar-refractivity contribution < 1.29 is 14.3 Å². The van der Waals surface area contributed by atoms with Gasteiger partial charge in [-0.3, -0.25) is 4.79 Å². The fourth-order valence-electron chi connectivity index (χ4n) is 4.34. The molecular weight excluding hydrogens is 400 g/mol. The zero-order valence-electron chi connectivity index (χ0n) is 18.2. The molecule has 160 valence electrons. The van der Waals surface area contributed by atoms with Crippen molar-refractivity contribution in [2.75, 3.05) is 20.8 Å². The highest BCUT2D eigenvalue weighted by Gasteiger charge is 2.24. The summed E-state index contributed by atoms with van der Waals surface area (Å²) in [5.41, 5.74) is 5.48. The molecule has 0 unspecified atom stereocenters. The molecule has 1 aliphatic rings. The second-order valence-electron chi connectivity index (χ2n) is 7.88. The number of hydrogen-bond donors (Lipinski definition) is 0. The fraction of sp³-hybridized carbons (Fsp3) is 0.185. The van der Waals surface area contributed by atoms with Gasteiger partial charge in [0.2, 0.25) is 0 Å². The van der Waals surface area contributed by atoms with Crippen molar-refractivity contribution in [3.8, 4) is 22.8 Å². The normalized spacial score (nSPS) is 13.0. The third-order valence-corrected chi connectivity index (χ3v) is 6.05. The monoisotopic (exact) mass is 424 g/mol. The summed E-state index contributed by atoms with van der Waals surface area (Å²) >= 11 is 0. The molecular formula is C27H24N2O3. The number of rotatable bonds is 4. The molecule has 2 heterocycles. The molecule has 1 amide bonds. The summed E-state index contributed by atoms with van der Waals surface area (Å²) in [6, 6.07) is 23.6. The molecule has 0 spiro atoms. The third-order valence-electron chi connectivity index (χ3n) is 6.05. The number of pyridine rings is 1. The molecule has 5 rings (SSSR count). The standard InChI is InChI=1S/C27H24N2O3/c1-31-20-11-12-22(26(15-20)32-2)25-16-23(21-9-5-6-10-24(21)28-25)27(30)29-14-13-18-7-3-4-8-19(18)17-29/h3-12,15-16H,13-14,17H2,1-2H3. The van der Waals surface area contributed by atoms with E-state index in [-0.39, 0.29) is 5.91 Å². The summed E-state index contributed by atoms with van der Waals surface area (Å²) < 4.78 is 10.9. The van der Waals surface area contributed by atoms with Crippen molar-refractivity contribution in [2.24, 2.45) is 0 Å². The summed E-state index contributed by atoms with van der Waals surface area (Å²) in [4.78, 5) is 20.5. The van der Waals surface area contributed by atoms with Gasteiger partial charge in [-0.1, -0.05) is 42.5 Å². The van der Waals surface area contributed by atoms with Gasteiger partial charge in [-0.25, -0.2) is 4.98 Å². The zero-order chi connectivity index (χ0) is 22.1. The summed E-state index contributed by atoms with van der Waals surface area (Å²) in [7, 11) is 3.24. The lowest BCUT2D eigenvalue weighted by molar-refractivity contribution is 0.0736. The second-order valence-corrected chi connectivity index (χ2v) is 7.88. The van der Waals surface area contributed by atoms with Crippen LogP contribution in [0.3, 0.4) is 0 Å². The van der Waals surface area contributed by atoms with Crippen LogP contribution in [0.25, 0.3) is 22.2 Å². The van der Waals surface area contributed by atoms with E-state index in [0.29, 0.717) is 35.8 Å². The van der Waals surface area contributed by atoms with Gasteiger partial charge in [-0.05, 0) is 41.8 Å². The molecule has 0 N–H and O–H groups in total. The molecule has 0 fully saturated rings. The van der Waals surface area contributed by atoms with Crippen LogP contribution in [-0.4, -0.2) is 36.6 Å². The average Bonchev–Trinajstić information content (AvgIpc) is 2.86. The molecule has 0 saturated heterocycles. The van der Waals surface area contributed by atoms with Gasteiger partial charge in [0.15, 0.2) is 0 Å². The lowest BCUT2D eigenvalue weighted by atomic mass is 9.98. The van der Waals surface area contributed by atoms with Crippen molar-refractivity contribution in [1.29, 1.82) is 0 Å². The summed E-state index contributed by atoms with van der Waals surface area (Å²) in [5.74, 6) is 1.37. The van der Waals surface area contributed by atoms with E-state index >= 15 is 0 Å². The number of ether oxygens (including phenoxy) is 2. The maximum Gasteiger partial charge on any atom is 0.254 e. The zero-order valence-corrected chi connectivity index (χ0v) is 18.2. The Morgan fingerprint density at radius 2 is 1.69 bits per heavy atom. The number of nitrogens with zero attached hydrogens (tertiary/aromatic N) is 2. The van der Waals surface area contributed by atoms with Crippen LogP contribution < -0.4 is 9.47 Å². The van der Waals surface area contributed by atoms with Crippen LogP contribution in [0.2, 0.25) is 0 Å². The van der Waals surface area contributed by atoms with E-state index in [4.69, 9.17) is 14.5 Å². The highest BCUT2D eigenvalue weighted by atomic mass is 16.5. The number of hydrogen-bond acceptors (Lipinski definition) is 4. The highest BCUT2D eigenvalue weighted by Crippen LogP contribution is 2.35. The lowest BCUT2D eigenvalue weighted by Crippen LogP contribution is -2.36. The van der Waals surface area contributed by atoms with Crippen molar-refractivity contribution >= 4 is 16.8 Å². The summed E-state index contributed by atoms with van der Waals surface area (Å²) in [6.07, 6.45) is 0.865. The number of benzene rings is 3. The van der Waals surface area contributed by atoms with Gasteiger partial charge in [0.1, 0.15) is 11.5 Å². The minimum absolute atomic E-state index is 0.0202. The first-order chi connectivity index (χ1) is 15.7. The predicted molar refractivity (Wildman–Crippen MR) is 125 cm³/mol. The minimum atomic E-state index is 0.0202. The average molecular weight is 425 g/mol. The van der Waals surface area contributed by atoms with Gasteiger partial charge >= 0.3 is 0 Å². The number of fused-ring (bicyclic) bond motifs is 2. The molecule has 5 nitrogen and oxygen atoms in total.